The molecule has 0 bridgehead atoms. The molecule has 3 heterocycles. The molecule has 2 unspecified atom stereocenters. The normalized spacial score (nSPS) is 27.9. The van der Waals surface area contributed by atoms with E-state index >= 15 is 0 Å². The first-order chi connectivity index (χ1) is 8.78. The van der Waals surface area contributed by atoms with Crippen LogP contribution in [0, 0.1) is 11.3 Å². The molecule has 2 aliphatic heterocycles. The SMILES string of the molecule is CC1CN2CCCC2CN1c1ccc(C#N)nc1. The zero-order valence-electron chi connectivity index (χ0n) is 10.7. The van der Waals surface area contributed by atoms with Crippen LogP contribution in [0.3, 0.4) is 0 Å². The van der Waals surface area contributed by atoms with Crippen molar-refractivity contribution in [2.75, 3.05) is 24.5 Å². The molecule has 94 valence electrons. The molecule has 0 spiro atoms. The summed E-state index contributed by atoms with van der Waals surface area (Å²) in [4.78, 5) is 9.22. The molecular weight excluding hydrogens is 224 g/mol. The predicted molar refractivity (Wildman–Crippen MR) is 70.4 cm³/mol. The molecule has 1 aromatic rings. The molecule has 2 fully saturated rings. The highest BCUT2D eigenvalue weighted by atomic mass is 15.3. The van der Waals surface area contributed by atoms with Crippen molar-refractivity contribution < 1.29 is 0 Å². The van der Waals surface area contributed by atoms with Crippen LogP contribution in [0.5, 0.6) is 0 Å². The number of piperazine rings is 1. The minimum absolute atomic E-state index is 0.492. The summed E-state index contributed by atoms with van der Waals surface area (Å²) in [6, 6.07) is 7.12. The van der Waals surface area contributed by atoms with Crippen LogP contribution < -0.4 is 4.90 Å². The molecule has 1 aromatic heterocycles. The number of nitrogens with zero attached hydrogens (tertiary/aromatic N) is 4. The topological polar surface area (TPSA) is 43.2 Å². The van der Waals surface area contributed by atoms with Crippen molar-refractivity contribution >= 4 is 5.69 Å². The average molecular weight is 242 g/mol. The molecule has 4 heteroatoms. The summed E-state index contributed by atoms with van der Waals surface area (Å²) in [6.07, 6.45) is 4.48. The van der Waals surface area contributed by atoms with Crippen LogP contribution in [-0.2, 0) is 0 Å². The molecule has 0 aromatic carbocycles. The van der Waals surface area contributed by atoms with Gasteiger partial charge in [-0.25, -0.2) is 4.98 Å². The monoisotopic (exact) mass is 242 g/mol. The third-order valence-electron chi connectivity index (χ3n) is 4.13. The van der Waals surface area contributed by atoms with Crippen LogP contribution in [-0.4, -0.2) is 41.6 Å². The summed E-state index contributed by atoms with van der Waals surface area (Å²) < 4.78 is 0. The van der Waals surface area contributed by atoms with Gasteiger partial charge in [-0.3, -0.25) is 4.90 Å². The molecule has 2 atom stereocenters. The molecule has 0 saturated carbocycles. The molecular formula is C14H18N4. The van der Waals surface area contributed by atoms with Crippen LogP contribution >= 0.6 is 0 Å². The van der Waals surface area contributed by atoms with Gasteiger partial charge in [0.25, 0.3) is 0 Å². The Labute approximate surface area is 108 Å². The number of hydrogen-bond acceptors (Lipinski definition) is 4. The van der Waals surface area contributed by atoms with Gasteiger partial charge in [-0.05, 0) is 38.4 Å². The highest BCUT2D eigenvalue weighted by molar-refractivity contribution is 5.47. The molecule has 0 amide bonds. The lowest BCUT2D eigenvalue weighted by atomic mass is 10.1. The van der Waals surface area contributed by atoms with E-state index in [0.29, 0.717) is 17.8 Å². The lowest BCUT2D eigenvalue weighted by Gasteiger charge is -2.43. The number of anilines is 1. The lowest BCUT2D eigenvalue weighted by molar-refractivity contribution is 0.203. The van der Waals surface area contributed by atoms with E-state index in [0.717, 1.165) is 18.8 Å². The largest absolute Gasteiger partial charge is 0.365 e. The second-order valence-electron chi connectivity index (χ2n) is 5.31. The van der Waals surface area contributed by atoms with Gasteiger partial charge >= 0.3 is 0 Å². The number of fused-ring (bicyclic) bond motifs is 1. The Bertz CT molecular complexity index is 462. The van der Waals surface area contributed by atoms with E-state index in [1.807, 2.05) is 18.3 Å². The van der Waals surface area contributed by atoms with Gasteiger partial charge in [-0.1, -0.05) is 0 Å². The quantitative estimate of drug-likeness (QED) is 0.750. The molecule has 0 radical (unpaired) electrons. The third-order valence-corrected chi connectivity index (χ3v) is 4.13. The average Bonchev–Trinajstić information content (AvgIpc) is 2.85. The summed E-state index contributed by atoms with van der Waals surface area (Å²) >= 11 is 0. The fraction of sp³-hybridized carbons (Fsp3) is 0.571. The van der Waals surface area contributed by atoms with Gasteiger partial charge < -0.3 is 4.90 Å². The highest BCUT2D eigenvalue weighted by Crippen LogP contribution is 2.28. The van der Waals surface area contributed by atoms with E-state index in [9.17, 15) is 0 Å². The van der Waals surface area contributed by atoms with Crippen molar-refractivity contribution in [3.05, 3.63) is 24.0 Å². The minimum atomic E-state index is 0.492. The van der Waals surface area contributed by atoms with E-state index in [1.54, 1.807) is 0 Å². The van der Waals surface area contributed by atoms with Crippen molar-refractivity contribution in [2.24, 2.45) is 0 Å². The summed E-state index contributed by atoms with van der Waals surface area (Å²) in [5, 5.41) is 8.78. The molecule has 2 aliphatic rings. The zero-order valence-corrected chi connectivity index (χ0v) is 10.7. The van der Waals surface area contributed by atoms with Crippen molar-refractivity contribution in [1.29, 1.82) is 5.26 Å². The summed E-state index contributed by atoms with van der Waals surface area (Å²) in [5.74, 6) is 0. The van der Waals surface area contributed by atoms with Crippen LogP contribution in [0.4, 0.5) is 5.69 Å². The molecule has 0 N–H and O–H groups in total. The summed E-state index contributed by atoms with van der Waals surface area (Å²) in [7, 11) is 0. The minimum Gasteiger partial charge on any atom is -0.365 e. The van der Waals surface area contributed by atoms with Crippen LogP contribution in [0.25, 0.3) is 0 Å². The standard InChI is InChI=1S/C14H18N4/c1-11-9-17-6-2-3-14(17)10-18(11)13-5-4-12(7-15)16-8-13/h4-5,8,11,14H,2-3,6,9-10H2,1H3. The second-order valence-corrected chi connectivity index (χ2v) is 5.31. The number of nitriles is 1. The smallest absolute Gasteiger partial charge is 0.140 e. The first-order valence-corrected chi connectivity index (χ1v) is 6.65. The van der Waals surface area contributed by atoms with E-state index < -0.39 is 0 Å². The van der Waals surface area contributed by atoms with Crippen LogP contribution in [0.15, 0.2) is 18.3 Å². The second kappa shape index (κ2) is 4.58. The number of rotatable bonds is 1. The molecule has 4 nitrogen and oxygen atoms in total. The summed E-state index contributed by atoms with van der Waals surface area (Å²) in [5.41, 5.74) is 1.64. The maximum absolute atomic E-state index is 8.78. The van der Waals surface area contributed by atoms with Gasteiger partial charge in [0.15, 0.2) is 0 Å². The van der Waals surface area contributed by atoms with E-state index in [2.05, 4.69) is 27.8 Å². The first kappa shape index (κ1) is 11.5. The Morgan fingerprint density at radius 3 is 3.00 bits per heavy atom. The van der Waals surface area contributed by atoms with Crippen molar-refractivity contribution in [3.8, 4) is 6.07 Å². The number of hydrogen-bond donors (Lipinski definition) is 0. The van der Waals surface area contributed by atoms with Crippen molar-refractivity contribution in [1.82, 2.24) is 9.88 Å². The molecule has 18 heavy (non-hydrogen) atoms. The molecule has 0 aliphatic carbocycles. The maximum atomic E-state index is 8.78. The van der Waals surface area contributed by atoms with Gasteiger partial charge in [0.1, 0.15) is 11.8 Å². The Balaban J connectivity index is 1.80. The van der Waals surface area contributed by atoms with E-state index in [1.165, 1.54) is 19.4 Å². The maximum Gasteiger partial charge on any atom is 0.140 e. The third kappa shape index (κ3) is 1.95. The number of pyridine rings is 1. The fourth-order valence-electron chi connectivity index (χ4n) is 3.17. The van der Waals surface area contributed by atoms with E-state index in [4.69, 9.17) is 5.26 Å². The van der Waals surface area contributed by atoms with Gasteiger partial charge in [-0.15, -0.1) is 0 Å². The van der Waals surface area contributed by atoms with Crippen LogP contribution in [0.2, 0.25) is 0 Å². The predicted octanol–water partition coefficient (Wildman–Crippen LogP) is 1.63. The Morgan fingerprint density at radius 1 is 1.39 bits per heavy atom. The van der Waals surface area contributed by atoms with Crippen LogP contribution in [0.1, 0.15) is 25.5 Å². The van der Waals surface area contributed by atoms with Gasteiger partial charge in [0, 0.05) is 25.2 Å². The van der Waals surface area contributed by atoms with E-state index in [-0.39, 0.29) is 0 Å². The molecule has 3 rings (SSSR count). The zero-order chi connectivity index (χ0) is 12.5. The Kier molecular flexibility index (Phi) is 2.92. The molecule has 2 saturated heterocycles. The Hall–Kier alpha value is -1.60. The summed E-state index contributed by atoms with van der Waals surface area (Å²) in [6.45, 7) is 5.76. The highest BCUT2D eigenvalue weighted by Gasteiger charge is 2.34. The lowest BCUT2D eigenvalue weighted by Crippen LogP contribution is -2.55. The van der Waals surface area contributed by atoms with Crippen molar-refractivity contribution in [3.63, 3.8) is 0 Å². The Morgan fingerprint density at radius 2 is 2.28 bits per heavy atom. The van der Waals surface area contributed by atoms with Gasteiger partial charge in [-0.2, -0.15) is 5.26 Å². The fourth-order valence-corrected chi connectivity index (χ4v) is 3.17. The number of aromatic nitrogens is 1. The van der Waals surface area contributed by atoms with Gasteiger partial charge in [0.2, 0.25) is 0 Å². The van der Waals surface area contributed by atoms with Gasteiger partial charge in [0.05, 0.1) is 11.9 Å². The van der Waals surface area contributed by atoms with Crippen molar-refractivity contribution in [2.45, 2.75) is 31.8 Å². The first-order valence-electron chi connectivity index (χ1n) is 6.65.